The Morgan fingerprint density at radius 1 is 1.60 bits per heavy atom. The van der Waals surface area contributed by atoms with E-state index < -0.39 is 11.9 Å². The Balaban J connectivity index is 2.11. The van der Waals surface area contributed by atoms with Crippen molar-refractivity contribution in [3.8, 4) is 0 Å². The Hall–Kier alpha value is -1.41. The molecule has 0 aliphatic rings. The van der Waals surface area contributed by atoms with Gasteiger partial charge >= 0.3 is 5.97 Å². The molecule has 1 N–H and O–H groups in total. The Morgan fingerprint density at radius 2 is 2.35 bits per heavy atom. The molecular formula is C12H15N3O3S2. The van der Waals surface area contributed by atoms with E-state index >= 15 is 0 Å². The van der Waals surface area contributed by atoms with Gasteiger partial charge in [-0.25, -0.2) is 4.98 Å². The maximum atomic E-state index is 11.9. The number of carbonyl (C=O) groups is 1. The summed E-state index contributed by atoms with van der Waals surface area (Å²) in [7, 11) is 0. The third-order valence-corrected chi connectivity index (χ3v) is 4.97. The van der Waals surface area contributed by atoms with Gasteiger partial charge in [-0.15, -0.1) is 0 Å². The minimum Gasteiger partial charge on any atom is -0.481 e. The summed E-state index contributed by atoms with van der Waals surface area (Å²) in [5.41, 5.74) is 0.483. The second kappa shape index (κ2) is 6.36. The van der Waals surface area contributed by atoms with Crippen molar-refractivity contribution in [2.75, 3.05) is 5.75 Å². The molecule has 0 spiro atoms. The number of fused-ring (bicyclic) bond motifs is 1. The molecule has 0 saturated heterocycles. The first-order valence-electron chi connectivity index (χ1n) is 6.20. The van der Waals surface area contributed by atoms with Gasteiger partial charge in [-0.3, -0.25) is 9.59 Å². The highest BCUT2D eigenvalue weighted by Gasteiger charge is 2.12. The summed E-state index contributed by atoms with van der Waals surface area (Å²) in [4.78, 5) is 27.6. The van der Waals surface area contributed by atoms with E-state index in [1.807, 2.05) is 6.92 Å². The number of hydrogen-bond donors (Lipinski definition) is 1. The number of rotatable bonds is 6. The average Bonchev–Trinajstić information content (AvgIpc) is 2.82. The van der Waals surface area contributed by atoms with Crippen LogP contribution in [0.1, 0.15) is 24.5 Å². The molecule has 2 aromatic rings. The average molecular weight is 313 g/mol. The molecule has 2 rings (SSSR count). The number of carboxylic acid groups (broad SMARTS) is 1. The molecule has 0 radical (unpaired) electrons. The predicted molar refractivity (Wildman–Crippen MR) is 79.5 cm³/mol. The SMILES string of the molecule is CCc1nn2c(=O)cc(CSCC(C)C(=O)O)nc2s1. The van der Waals surface area contributed by atoms with Gasteiger partial charge in [-0.2, -0.15) is 21.4 Å². The first-order chi connectivity index (χ1) is 9.51. The maximum absolute atomic E-state index is 11.9. The summed E-state index contributed by atoms with van der Waals surface area (Å²) in [5.74, 6) is -0.182. The van der Waals surface area contributed by atoms with Crippen LogP contribution in [0, 0.1) is 5.92 Å². The van der Waals surface area contributed by atoms with Crippen LogP contribution in [0.25, 0.3) is 4.96 Å². The lowest BCUT2D eigenvalue weighted by Crippen LogP contribution is -2.16. The molecule has 108 valence electrons. The molecule has 0 aliphatic carbocycles. The molecule has 1 unspecified atom stereocenters. The number of aryl methyl sites for hydroxylation is 1. The smallest absolute Gasteiger partial charge is 0.307 e. The fraction of sp³-hybridized carbons (Fsp3) is 0.500. The Labute approximate surface area is 123 Å². The number of aliphatic carboxylic acids is 1. The third kappa shape index (κ3) is 3.37. The minimum atomic E-state index is -0.809. The van der Waals surface area contributed by atoms with Crippen LogP contribution in [0.4, 0.5) is 0 Å². The summed E-state index contributed by atoms with van der Waals surface area (Å²) in [6.45, 7) is 3.64. The standard InChI is InChI=1S/C12H15N3O3S2/c1-3-9-14-15-10(16)4-8(13-12(15)20-9)6-19-5-7(2)11(17)18/h4,7H,3,5-6H2,1-2H3,(H,17,18). The van der Waals surface area contributed by atoms with Gasteiger partial charge in [0.05, 0.1) is 11.6 Å². The van der Waals surface area contributed by atoms with Crippen LogP contribution in [0.2, 0.25) is 0 Å². The van der Waals surface area contributed by atoms with Crippen LogP contribution in [0.3, 0.4) is 0 Å². The molecule has 0 aromatic carbocycles. The van der Waals surface area contributed by atoms with Crippen LogP contribution in [0.15, 0.2) is 10.9 Å². The zero-order valence-electron chi connectivity index (χ0n) is 11.2. The molecular weight excluding hydrogens is 298 g/mol. The molecule has 0 amide bonds. The van der Waals surface area contributed by atoms with E-state index in [0.717, 1.165) is 11.4 Å². The lowest BCUT2D eigenvalue weighted by molar-refractivity contribution is -0.140. The predicted octanol–water partition coefficient (Wildman–Crippen LogP) is 1.67. The Morgan fingerprint density at radius 3 is 3.00 bits per heavy atom. The van der Waals surface area contributed by atoms with Gasteiger partial charge in [0.25, 0.3) is 5.56 Å². The largest absolute Gasteiger partial charge is 0.481 e. The van der Waals surface area contributed by atoms with Crippen LogP contribution in [0.5, 0.6) is 0 Å². The van der Waals surface area contributed by atoms with Gasteiger partial charge in [-0.05, 0) is 6.42 Å². The molecule has 2 heterocycles. The lowest BCUT2D eigenvalue weighted by Gasteiger charge is -2.05. The van der Waals surface area contributed by atoms with Crippen molar-refractivity contribution in [3.05, 3.63) is 27.1 Å². The highest BCUT2D eigenvalue weighted by Crippen LogP contribution is 2.16. The van der Waals surface area contributed by atoms with E-state index in [-0.39, 0.29) is 5.56 Å². The van der Waals surface area contributed by atoms with Gasteiger partial charge in [-0.1, -0.05) is 25.2 Å². The second-order valence-corrected chi connectivity index (χ2v) is 6.45. The molecule has 0 fully saturated rings. The quantitative estimate of drug-likeness (QED) is 0.873. The number of aromatic nitrogens is 3. The van der Waals surface area contributed by atoms with E-state index in [1.165, 1.54) is 33.7 Å². The Bertz CT molecular complexity index is 680. The van der Waals surface area contributed by atoms with Crippen molar-refractivity contribution in [2.45, 2.75) is 26.0 Å². The van der Waals surface area contributed by atoms with Crippen LogP contribution < -0.4 is 5.56 Å². The van der Waals surface area contributed by atoms with Crippen molar-refractivity contribution < 1.29 is 9.90 Å². The lowest BCUT2D eigenvalue weighted by atomic mass is 10.2. The van der Waals surface area contributed by atoms with E-state index in [1.54, 1.807) is 6.92 Å². The third-order valence-electron chi connectivity index (χ3n) is 2.68. The van der Waals surface area contributed by atoms with Gasteiger partial charge in [0.2, 0.25) is 4.96 Å². The summed E-state index contributed by atoms with van der Waals surface area (Å²) >= 11 is 2.87. The Kier molecular flexibility index (Phi) is 4.77. The van der Waals surface area contributed by atoms with Crippen molar-refractivity contribution in [3.63, 3.8) is 0 Å². The van der Waals surface area contributed by atoms with Gasteiger partial charge in [0.15, 0.2) is 0 Å². The van der Waals surface area contributed by atoms with E-state index in [0.29, 0.717) is 22.2 Å². The van der Waals surface area contributed by atoms with Crippen LogP contribution in [-0.2, 0) is 17.0 Å². The monoisotopic (exact) mass is 313 g/mol. The first kappa shape index (κ1) is 15.0. The van der Waals surface area contributed by atoms with Gasteiger partial charge in [0, 0.05) is 17.6 Å². The molecule has 20 heavy (non-hydrogen) atoms. The van der Waals surface area contributed by atoms with Crippen LogP contribution in [-0.4, -0.2) is 31.4 Å². The molecule has 2 aromatic heterocycles. The molecule has 6 nitrogen and oxygen atoms in total. The van der Waals surface area contributed by atoms with Gasteiger partial charge < -0.3 is 5.11 Å². The molecule has 0 bridgehead atoms. The summed E-state index contributed by atoms with van der Waals surface area (Å²) in [6.07, 6.45) is 0.772. The fourth-order valence-corrected chi connectivity index (χ4v) is 3.35. The molecule has 1 atom stereocenters. The zero-order valence-corrected chi connectivity index (χ0v) is 12.8. The van der Waals surface area contributed by atoms with E-state index in [2.05, 4.69) is 10.1 Å². The number of thioether (sulfide) groups is 1. The van der Waals surface area contributed by atoms with E-state index in [4.69, 9.17) is 5.11 Å². The summed E-state index contributed by atoms with van der Waals surface area (Å²) in [6, 6.07) is 1.46. The molecule has 8 heteroatoms. The van der Waals surface area contributed by atoms with Crippen molar-refractivity contribution in [2.24, 2.45) is 5.92 Å². The fourth-order valence-electron chi connectivity index (χ4n) is 1.52. The van der Waals surface area contributed by atoms with Crippen molar-refractivity contribution >= 4 is 34.0 Å². The topological polar surface area (TPSA) is 84.6 Å². The second-order valence-electron chi connectivity index (χ2n) is 4.38. The maximum Gasteiger partial charge on any atom is 0.307 e. The van der Waals surface area contributed by atoms with Crippen molar-refractivity contribution in [1.29, 1.82) is 0 Å². The number of nitrogens with zero attached hydrogens (tertiary/aromatic N) is 3. The normalized spacial score (nSPS) is 12.7. The summed E-state index contributed by atoms with van der Waals surface area (Å²) < 4.78 is 1.32. The minimum absolute atomic E-state index is 0.187. The van der Waals surface area contributed by atoms with Crippen LogP contribution >= 0.6 is 23.1 Å². The highest BCUT2D eigenvalue weighted by molar-refractivity contribution is 7.98. The highest BCUT2D eigenvalue weighted by atomic mass is 32.2. The molecule has 0 saturated carbocycles. The number of hydrogen-bond acceptors (Lipinski definition) is 6. The van der Waals surface area contributed by atoms with E-state index in [9.17, 15) is 9.59 Å². The molecule has 0 aliphatic heterocycles. The van der Waals surface area contributed by atoms with Gasteiger partial charge in [0.1, 0.15) is 5.01 Å². The number of carboxylic acids is 1. The van der Waals surface area contributed by atoms with Crippen molar-refractivity contribution in [1.82, 2.24) is 14.6 Å². The zero-order chi connectivity index (χ0) is 14.7. The summed E-state index contributed by atoms with van der Waals surface area (Å²) in [5, 5.41) is 13.9. The first-order valence-corrected chi connectivity index (χ1v) is 8.17.